The minimum absolute atomic E-state index is 0.105. The van der Waals surface area contributed by atoms with Crippen LogP contribution in [0, 0.1) is 23.7 Å². The molecule has 576 valence electrons. The number of esters is 4. The molecule has 0 saturated heterocycles. The second-order valence-electron chi connectivity index (χ2n) is 29.5. The van der Waals surface area contributed by atoms with E-state index in [0.717, 1.165) is 114 Å². The molecule has 0 aliphatic rings. The summed E-state index contributed by atoms with van der Waals surface area (Å²) in [5.74, 6) is 0.970. The Hall–Kier alpha value is -1.94. The summed E-state index contributed by atoms with van der Waals surface area (Å²) in [5, 5.41) is 10.6. The Balaban J connectivity index is 5.16. The molecular formula is C78H152O17P2. The molecule has 0 heterocycles. The van der Waals surface area contributed by atoms with Crippen LogP contribution in [0.4, 0.5) is 0 Å². The summed E-state index contributed by atoms with van der Waals surface area (Å²) in [6, 6.07) is 0. The van der Waals surface area contributed by atoms with Gasteiger partial charge in [-0.2, -0.15) is 0 Å². The highest BCUT2D eigenvalue weighted by molar-refractivity contribution is 7.47. The van der Waals surface area contributed by atoms with Gasteiger partial charge in [-0.3, -0.25) is 37.3 Å². The summed E-state index contributed by atoms with van der Waals surface area (Å²) >= 11 is 0. The van der Waals surface area contributed by atoms with E-state index in [1.54, 1.807) is 0 Å². The van der Waals surface area contributed by atoms with Crippen molar-refractivity contribution in [2.75, 3.05) is 39.6 Å². The molecule has 0 aliphatic heterocycles. The number of ether oxygens (including phenoxy) is 4. The van der Waals surface area contributed by atoms with Crippen molar-refractivity contribution in [2.45, 2.75) is 414 Å². The maximum absolute atomic E-state index is 13.1. The summed E-state index contributed by atoms with van der Waals surface area (Å²) in [5.41, 5.74) is 0. The van der Waals surface area contributed by atoms with Crippen LogP contribution in [-0.2, 0) is 65.4 Å². The lowest BCUT2D eigenvalue weighted by molar-refractivity contribution is -0.161. The highest BCUT2D eigenvalue weighted by atomic mass is 31.2. The molecule has 0 rings (SSSR count). The van der Waals surface area contributed by atoms with Gasteiger partial charge in [-0.1, -0.05) is 344 Å². The third-order valence-corrected chi connectivity index (χ3v) is 20.7. The number of hydrogen-bond acceptors (Lipinski definition) is 15. The molecule has 0 aromatic heterocycles. The second-order valence-corrected chi connectivity index (χ2v) is 32.4. The van der Waals surface area contributed by atoms with Crippen LogP contribution in [0.5, 0.6) is 0 Å². The molecule has 19 heteroatoms. The summed E-state index contributed by atoms with van der Waals surface area (Å²) in [7, 11) is -9.91. The molecule has 0 aliphatic carbocycles. The predicted molar refractivity (Wildman–Crippen MR) is 395 cm³/mol. The number of hydrogen-bond donors (Lipinski definition) is 3. The van der Waals surface area contributed by atoms with E-state index < -0.39 is 97.5 Å². The maximum atomic E-state index is 13.1. The summed E-state index contributed by atoms with van der Waals surface area (Å²) in [6.07, 6.45) is 52.9. The normalized spacial score (nSPS) is 14.6. The van der Waals surface area contributed by atoms with Gasteiger partial charge in [0.05, 0.1) is 26.4 Å². The van der Waals surface area contributed by atoms with Crippen LogP contribution < -0.4 is 0 Å². The van der Waals surface area contributed by atoms with Crippen LogP contribution in [0.3, 0.4) is 0 Å². The number of carbonyl (C=O) groups is 4. The van der Waals surface area contributed by atoms with Crippen molar-refractivity contribution >= 4 is 39.5 Å². The Morgan fingerprint density at radius 3 is 0.732 bits per heavy atom. The number of unbranched alkanes of at least 4 members (excludes halogenated alkanes) is 39. The summed E-state index contributed by atoms with van der Waals surface area (Å²) in [4.78, 5) is 72.8. The number of phosphoric acid groups is 2. The predicted octanol–water partition coefficient (Wildman–Crippen LogP) is 22.8. The van der Waals surface area contributed by atoms with Gasteiger partial charge in [-0.25, -0.2) is 9.13 Å². The standard InChI is InChI=1S/C78H152O17P2/c1-9-70(7)56-48-40-31-25-19-17-15-13-11-12-14-16-18-20-27-33-42-50-58-75(80)88-64-73(94-78(83)61-53-45-35-29-23-24-30-38-46-54-68(3)4)66-92-96(84,85)90-62-72(79)63-91-97(86,87)93-67-74(65-89-76(81)59-51-43-37-36-39-47-55-69(5)6)95-77(82)60-52-44-34-28-22-21-26-32-41-49-57-71(8)10-2/h68-74,79H,9-67H2,1-8H3,(H,84,85)(H,86,87)/t70?,71?,72-,73-,74-/m1/s1. The Morgan fingerprint density at radius 2 is 0.495 bits per heavy atom. The van der Waals surface area contributed by atoms with Crippen molar-refractivity contribution in [1.29, 1.82) is 0 Å². The molecule has 0 bridgehead atoms. The monoisotopic (exact) mass is 1420 g/mol. The number of carbonyl (C=O) groups excluding carboxylic acids is 4. The van der Waals surface area contributed by atoms with Crippen LogP contribution >= 0.6 is 15.6 Å². The fraction of sp³-hybridized carbons (Fsp3) is 0.949. The van der Waals surface area contributed by atoms with Crippen molar-refractivity contribution in [3.05, 3.63) is 0 Å². The average molecular weight is 1420 g/mol. The van der Waals surface area contributed by atoms with Crippen molar-refractivity contribution in [1.82, 2.24) is 0 Å². The summed E-state index contributed by atoms with van der Waals surface area (Å²) in [6.45, 7) is 14.2. The number of rotatable bonds is 75. The maximum Gasteiger partial charge on any atom is 0.472 e. The van der Waals surface area contributed by atoms with Gasteiger partial charge in [0.15, 0.2) is 12.2 Å². The van der Waals surface area contributed by atoms with E-state index in [2.05, 4.69) is 55.4 Å². The molecule has 97 heavy (non-hydrogen) atoms. The molecule has 3 N–H and O–H groups in total. The molecular weight excluding hydrogens is 1270 g/mol. The highest BCUT2D eigenvalue weighted by Crippen LogP contribution is 2.45. The van der Waals surface area contributed by atoms with Crippen molar-refractivity contribution in [3.8, 4) is 0 Å². The first kappa shape index (κ1) is 95.1. The van der Waals surface area contributed by atoms with Gasteiger partial charge in [0.1, 0.15) is 19.3 Å². The van der Waals surface area contributed by atoms with Gasteiger partial charge in [-0.15, -0.1) is 0 Å². The van der Waals surface area contributed by atoms with Gasteiger partial charge < -0.3 is 33.8 Å². The van der Waals surface area contributed by atoms with Gasteiger partial charge in [-0.05, 0) is 49.4 Å². The van der Waals surface area contributed by atoms with Crippen molar-refractivity contribution < 1.29 is 80.2 Å². The fourth-order valence-corrected chi connectivity index (χ4v) is 13.4. The lowest BCUT2D eigenvalue weighted by atomic mass is 9.99. The van der Waals surface area contributed by atoms with Gasteiger partial charge in [0.2, 0.25) is 0 Å². The molecule has 0 aromatic carbocycles. The van der Waals surface area contributed by atoms with E-state index in [0.29, 0.717) is 31.6 Å². The second kappa shape index (κ2) is 67.2. The SMILES string of the molecule is CCC(C)CCCCCCCCCCCCCCCCCCCCC(=O)OC[C@H](COP(=O)(O)OC[C@@H](O)COP(=O)(O)OC[C@@H](COC(=O)CCCCCCCCC(C)C)OC(=O)CCCCCCCCCCCCC(C)CC)OC(=O)CCCCCCCCCCCC(C)C. The Labute approximate surface area is 594 Å². The van der Waals surface area contributed by atoms with Crippen LogP contribution in [0.2, 0.25) is 0 Å². The summed E-state index contributed by atoms with van der Waals surface area (Å²) < 4.78 is 68.5. The molecule has 0 radical (unpaired) electrons. The lowest BCUT2D eigenvalue weighted by Gasteiger charge is -2.21. The molecule has 17 nitrogen and oxygen atoms in total. The minimum Gasteiger partial charge on any atom is -0.462 e. The zero-order chi connectivity index (χ0) is 71.7. The van der Waals surface area contributed by atoms with E-state index in [4.69, 9.17) is 37.0 Å². The molecule has 7 atom stereocenters. The van der Waals surface area contributed by atoms with E-state index in [9.17, 15) is 43.2 Å². The molecule has 0 spiro atoms. The first-order valence-electron chi connectivity index (χ1n) is 40.3. The van der Waals surface area contributed by atoms with Gasteiger partial charge in [0, 0.05) is 25.7 Å². The molecule has 0 aromatic rings. The van der Waals surface area contributed by atoms with Crippen molar-refractivity contribution in [3.63, 3.8) is 0 Å². The number of aliphatic hydroxyl groups is 1. The average Bonchev–Trinajstić information content (AvgIpc) is 1.28. The Bertz CT molecular complexity index is 1910. The molecule has 0 saturated carbocycles. The van der Waals surface area contributed by atoms with E-state index in [-0.39, 0.29) is 25.7 Å². The molecule has 0 fully saturated rings. The number of phosphoric ester groups is 2. The quantitative estimate of drug-likeness (QED) is 0.0222. The van der Waals surface area contributed by atoms with E-state index in [1.165, 1.54) is 193 Å². The van der Waals surface area contributed by atoms with Crippen molar-refractivity contribution in [2.24, 2.45) is 23.7 Å². The smallest absolute Gasteiger partial charge is 0.462 e. The van der Waals surface area contributed by atoms with Crippen LogP contribution in [0.15, 0.2) is 0 Å². The van der Waals surface area contributed by atoms with E-state index in [1.807, 2.05) is 0 Å². The third-order valence-electron chi connectivity index (χ3n) is 18.8. The van der Waals surface area contributed by atoms with E-state index >= 15 is 0 Å². The van der Waals surface area contributed by atoms with Gasteiger partial charge in [0.25, 0.3) is 0 Å². The topological polar surface area (TPSA) is 237 Å². The first-order chi connectivity index (χ1) is 46.7. The lowest BCUT2D eigenvalue weighted by Crippen LogP contribution is -2.30. The zero-order valence-electron chi connectivity index (χ0n) is 63.7. The highest BCUT2D eigenvalue weighted by Gasteiger charge is 2.30. The minimum atomic E-state index is -4.96. The first-order valence-corrected chi connectivity index (χ1v) is 43.3. The van der Waals surface area contributed by atoms with Crippen LogP contribution in [-0.4, -0.2) is 96.7 Å². The third kappa shape index (κ3) is 69.5. The van der Waals surface area contributed by atoms with Crippen LogP contribution in [0.1, 0.15) is 396 Å². The van der Waals surface area contributed by atoms with Crippen LogP contribution in [0.25, 0.3) is 0 Å². The molecule has 4 unspecified atom stereocenters. The fourth-order valence-electron chi connectivity index (χ4n) is 11.8. The molecule has 0 amide bonds. The van der Waals surface area contributed by atoms with Gasteiger partial charge >= 0.3 is 39.5 Å². The Kier molecular flexibility index (Phi) is 65.9. The Morgan fingerprint density at radius 1 is 0.289 bits per heavy atom. The zero-order valence-corrected chi connectivity index (χ0v) is 65.5. The largest absolute Gasteiger partial charge is 0.472 e. The number of aliphatic hydroxyl groups excluding tert-OH is 1.